The molecule has 28 heavy (non-hydrogen) atoms. The highest BCUT2D eigenvalue weighted by Gasteiger charge is 2.20. The number of hydrogen-bond donors (Lipinski definition) is 2. The topological polar surface area (TPSA) is 90.7 Å². The first-order chi connectivity index (χ1) is 13.2. The van der Waals surface area contributed by atoms with Crippen molar-refractivity contribution in [2.75, 3.05) is 21.3 Å². The number of ether oxygens (including phenoxy) is 2. The van der Waals surface area contributed by atoms with Crippen molar-refractivity contribution in [2.24, 2.45) is 11.7 Å². The number of Topliss-reactive ketones (excluding diaryl/α,β-unsaturated/α-hetero) is 1. The van der Waals surface area contributed by atoms with Crippen molar-refractivity contribution in [3.8, 4) is 0 Å². The molecule has 0 aromatic heterocycles. The van der Waals surface area contributed by atoms with Gasteiger partial charge in [-0.05, 0) is 50.8 Å². The minimum Gasteiger partial charge on any atom is -0.497 e. The van der Waals surface area contributed by atoms with E-state index in [1.165, 1.54) is 26.4 Å². The van der Waals surface area contributed by atoms with Crippen LogP contribution in [-0.4, -0.2) is 33.0 Å². The van der Waals surface area contributed by atoms with Crippen molar-refractivity contribution in [1.82, 2.24) is 5.32 Å². The summed E-state index contributed by atoms with van der Waals surface area (Å²) < 4.78 is 9.78. The fourth-order valence-electron chi connectivity index (χ4n) is 2.85. The van der Waals surface area contributed by atoms with E-state index in [-0.39, 0.29) is 17.7 Å². The minimum atomic E-state index is -0.133. The zero-order valence-electron chi connectivity index (χ0n) is 18.2. The van der Waals surface area contributed by atoms with Gasteiger partial charge in [0.05, 0.1) is 20.1 Å². The largest absolute Gasteiger partial charge is 0.497 e. The van der Waals surface area contributed by atoms with Crippen molar-refractivity contribution in [3.63, 3.8) is 0 Å². The van der Waals surface area contributed by atoms with Gasteiger partial charge in [0.25, 0.3) is 0 Å². The molecule has 1 aliphatic rings. The molecule has 1 rings (SSSR count). The second kappa shape index (κ2) is 13.6. The second-order valence-corrected chi connectivity index (χ2v) is 6.86. The van der Waals surface area contributed by atoms with E-state index >= 15 is 0 Å². The van der Waals surface area contributed by atoms with Gasteiger partial charge in [0.15, 0.2) is 0 Å². The molecule has 0 amide bonds. The number of hydrogen-bond acceptors (Lipinski definition) is 6. The maximum absolute atomic E-state index is 12.0. The lowest BCUT2D eigenvalue weighted by atomic mass is 9.89. The number of ketones is 1. The molecule has 0 atom stereocenters. The number of carbonyl (C=O) groups excluding carboxylic acids is 2. The minimum absolute atomic E-state index is 0.0142. The summed E-state index contributed by atoms with van der Waals surface area (Å²) in [5.41, 5.74) is 7.87. The monoisotopic (exact) mass is 392 g/mol. The van der Waals surface area contributed by atoms with E-state index in [9.17, 15) is 9.59 Å². The van der Waals surface area contributed by atoms with Gasteiger partial charge in [-0.25, -0.2) is 0 Å². The highest BCUT2D eigenvalue weighted by molar-refractivity contribution is 6.07. The van der Waals surface area contributed by atoms with Gasteiger partial charge in [0.2, 0.25) is 5.78 Å². The molecule has 6 nitrogen and oxygen atoms in total. The van der Waals surface area contributed by atoms with Gasteiger partial charge in [-0.15, -0.1) is 0 Å². The third-order valence-corrected chi connectivity index (χ3v) is 4.49. The number of methoxy groups -OCH3 is 2. The molecule has 0 saturated heterocycles. The Kier molecular flexibility index (Phi) is 12.4. The summed E-state index contributed by atoms with van der Waals surface area (Å²) in [5, 5.41) is 2.80. The van der Waals surface area contributed by atoms with Gasteiger partial charge in [0, 0.05) is 12.7 Å². The third kappa shape index (κ3) is 8.93. The molecule has 1 saturated carbocycles. The average Bonchev–Trinajstić information content (AvgIpc) is 2.68. The molecular weight excluding hydrogens is 356 g/mol. The van der Waals surface area contributed by atoms with Crippen molar-refractivity contribution in [3.05, 3.63) is 47.0 Å². The van der Waals surface area contributed by atoms with Crippen LogP contribution in [0.25, 0.3) is 0 Å². The molecule has 0 aliphatic heterocycles. The molecule has 1 aliphatic carbocycles. The van der Waals surface area contributed by atoms with Crippen LogP contribution in [0, 0.1) is 5.92 Å². The van der Waals surface area contributed by atoms with Gasteiger partial charge >= 0.3 is 5.97 Å². The van der Waals surface area contributed by atoms with Gasteiger partial charge in [0.1, 0.15) is 11.5 Å². The third-order valence-electron chi connectivity index (χ3n) is 4.49. The standard InChI is InChI=1S/C14H22N2O2.C8H14O2/c1-9(2)12(18-6)8-7-10(3)14(17)13(16-5)11(4)15;1-10-8(9)7-5-3-2-4-6-7/h7-8,16H,1,15H2,2-6H3;7H,2-6H2,1H3/b10-7+,12-8+,13-11+;. The first kappa shape index (κ1) is 25.5. The van der Waals surface area contributed by atoms with Crippen LogP contribution in [0.5, 0.6) is 0 Å². The Morgan fingerprint density at radius 1 is 1.04 bits per heavy atom. The number of allylic oxidation sites excluding steroid dienone is 5. The highest BCUT2D eigenvalue weighted by Crippen LogP contribution is 2.24. The maximum Gasteiger partial charge on any atom is 0.308 e. The SMILES string of the molecule is C=C(C)/C(=C\C=C(/C)C(=O)/C(NC)=C(/C)N)OC.COC(=O)C1CCCCC1. The lowest BCUT2D eigenvalue weighted by molar-refractivity contribution is -0.146. The van der Waals surface area contributed by atoms with E-state index in [2.05, 4.69) is 16.6 Å². The van der Waals surface area contributed by atoms with Crippen LogP contribution in [0.2, 0.25) is 0 Å². The zero-order valence-corrected chi connectivity index (χ0v) is 18.2. The summed E-state index contributed by atoms with van der Waals surface area (Å²) in [5.74, 6) is 0.700. The normalized spacial score (nSPS) is 16.2. The summed E-state index contributed by atoms with van der Waals surface area (Å²) in [7, 11) is 4.70. The first-order valence-electron chi connectivity index (χ1n) is 9.54. The Morgan fingerprint density at radius 2 is 1.61 bits per heavy atom. The predicted molar refractivity (Wildman–Crippen MR) is 113 cm³/mol. The van der Waals surface area contributed by atoms with E-state index in [1.54, 1.807) is 40.2 Å². The van der Waals surface area contributed by atoms with Crippen LogP contribution in [-0.2, 0) is 19.1 Å². The van der Waals surface area contributed by atoms with Crippen LogP contribution in [0.15, 0.2) is 47.0 Å². The van der Waals surface area contributed by atoms with Crippen molar-refractivity contribution >= 4 is 11.8 Å². The van der Waals surface area contributed by atoms with Gasteiger partial charge < -0.3 is 20.5 Å². The van der Waals surface area contributed by atoms with Crippen molar-refractivity contribution in [2.45, 2.75) is 52.9 Å². The number of nitrogens with two attached hydrogens (primary N) is 1. The Bertz CT molecular complexity index is 635. The van der Waals surface area contributed by atoms with Crippen LogP contribution in [0.3, 0.4) is 0 Å². The molecular formula is C22H36N2O4. The Labute approximate surface area is 169 Å². The van der Waals surface area contributed by atoms with Crippen LogP contribution >= 0.6 is 0 Å². The molecule has 0 bridgehead atoms. The molecule has 6 heteroatoms. The number of rotatable bonds is 7. The average molecular weight is 393 g/mol. The number of likely N-dealkylation sites (N-methyl/N-ethyl adjacent to an activating group) is 1. The predicted octanol–water partition coefficient (Wildman–Crippen LogP) is 3.76. The Balaban J connectivity index is 0.000000609. The molecule has 0 spiro atoms. The fourth-order valence-corrected chi connectivity index (χ4v) is 2.85. The summed E-state index contributed by atoms with van der Waals surface area (Å²) in [6.07, 6.45) is 9.15. The van der Waals surface area contributed by atoms with E-state index in [1.807, 2.05) is 6.92 Å². The Hall–Kier alpha value is -2.50. The quantitative estimate of drug-likeness (QED) is 0.297. The highest BCUT2D eigenvalue weighted by atomic mass is 16.5. The summed E-state index contributed by atoms with van der Waals surface area (Å²) in [6.45, 7) is 9.02. The van der Waals surface area contributed by atoms with E-state index in [0.29, 0.717) is 22.7 Å². The second-order valence-electron chi connectivity index (χ2n) is 6.86. The van der Waals surface area contributed by atoms with Crippen LogP contribution in [0.1, 0.15) is 52.9 Å². The maximum atomic E-state index is 12.0. The smallest absolute Gasteiger partial charge is 0.308 e. The fraction of sp³-hybridized carbons (Fsp3) is 0.545. The van der Waals surface area contributed by atoms with E-state index < -0.39 is 0 Å². The van der Waals surface area contributed by atoms with Gasteiger partial charge in [-0.3, -0.25) is 9.59 Å². The molecule has 0 unspecified atom stereocenters. The van der Waals surface area contributed by atoms with Crippen molar-refractivity contribution < 1.29 is 19.1 Å². The first-order valence-corrected chi connectivity index (χ1v) is 9.54. The summed E-state index contributed by atoms with van der Waals surface area (Å²) in [4.78, 5) is 23.0. The molecule has 1 fully saturated rings. The van der Waals surface area contributed by atoms with Gasteiger partial charge in [-0.2, -0.15) is 0 Å². The Morgan fingerprint density at radius 3 is 2.00 bits per heavy atom. The molecule has 3 N–H and O–H groups in total. The van der Waals surface area contributed by atoms with Gasteiger partial charge in [-0.1, -0.05) is 31.9 Å². The summed E-state index contributed by atoms with van der Waals surface area (Å²) in [6, 6.07) is 0. The number of esters is 1. The van der Waals surface area contributed by atoms with Crippen LogP contribution < -0.4 is 11.1 Å². The zero-order chi connectivity index (χ0) is 21.7. The molecule has 158 valence electrons. The molecule has 0 heterocycles. The molecule has 0 aromatic rings. The number of nitrogens with one attached hydrogen (secondary N) is 1. The summed E-state index contributed by atoms with van der Waals surface area (Å²) >= 11 is 0. The molecule has 0 radical (unpaired) electrons. The number of carbonyl (C=O) groups is 2. The lowest BCUT2D eigenvalue weighted by Crippen LogP contribution is -2.21. The molecule has 0 aromatic carbocycles. The van der Waals surface area contributed by atoms with E-state index in [4.69, 9.17) is 10.5 Å². The van der Waals surface area contributed by atoms with Crippen molar-refractivity contribution in [1.29, 1.82) is 0 Å². The van der Waals surface area contributed by atoms with Crippen LogP contribution in [0.4, 0.5) is 0 Å². The van der Waals surface area contributed by atoms with E-state index in [0.717, 1.165) is 18.4 Å². The lowest BCUT2D eigenvalue weighted by Gasteiger charge is -2.18.